The third-order valence-electron chi connectivity index (χ3n) is 2.07. The maximum absolute atomic E-state index is 10.6. The van der Waals surface area contributed by atoms with E-state index in [-0.39, 0.29) is 0 Å². The molecule has 14 heavy (non-hydrogen) atoms. The molecule has 0 aromatic carbocycles. The fraction of sp³-hybridized carbons (Fsp3) is 0.545. The van der Waals surface area contributed by atoms with Gasteiger partial charge in [0, 0.05) is 13.6 Å². The van der Waals surface area contributed by atoms with Crippen molar-refractivity contribution >= 4 is 5.97 Å². The molecule has 78 valence electrons. The summed E-state index contributed by atoms with van der Waals surface area (Å²) in [6, 6.07) is 0. The lowest BCUT2D eigenvalue weighted by atomic mass is 10.1. The van der Waals surface area contributed by atoms with Gasteiger partial charge in [-0.15, -0.1) is 0 Å². The van der Waals surface area contributed by atoms with Gasteiger partial charge in [-0.2, -0.15) is 0 Å². The van der Waals surface area contributed by atoms with Crippen LogP contribution in [0.4, 0.5) is 0 Å². The van der Waals surface area contributed by atoms with Crippen LogP contribution in [0.3, 0.4) is 0 Å². The van der Waals surface area contributed by atoms with Gasteiger partial charge in [-0.3, -0.25) is 0 Å². The fourth-order valence-corrected chi connectivity index (χ4v) is 1.00. The number of allylic oxidation sites excluding steroid dienone is 2. The summed E-state index contributed by atoms with van der Waals surface area (Å²) in [6.45, 7) is 2.31. The first-order chi connectivity index (χ1) is 6.61. The second-order valence-corrected chi connectivity index (χ2v) is 3.76. The van der Waals surface area contributed by atoms with Gasteiger partial charge >= 0.3 is 5.97 Å². The molecule has 0 aromatic heterocycles. The van der Waals surface area contributed by atoms with Gasteiger partial charge in [0.25, 0.3) is 0 Å². The number of likely N-dealkylation sites (N-methyl/N-ethyl adjacent to an activating group) is 1. The van der Waals surface area contributed by atoms with Crippen LogP contribution in [0.15, 0.2) is 23.4 Å². The molecule has 1 aliphatic heterocycles. The van der Waals surface area contributed by atoms with Crippen molar-refractivity contribution in [3.05, 3.63) is 23.4 Å². The molecule has 0 bridgehead atoms. The van der Waals surface area contributed by atoms with Crippen molar-refractivity contribution in [2.24, 2.45) is 0 Å². The smallest absolute Gasteiger partial charge is 0.333 e. The highest BCUT2D eigenvalue weighted by Gasteiger charge is 2.14. The van der Waals surface area contributed by atoms with Crippen LogP contribution in [0.5, 0.6) is 0 Å². The summed E-state index contributed by atoms with van der Waals surface area (Å²) >= 11 is 0. The Bertz CT molecular complexity index is 274. The van der Waals surface area contributed by atoms with Gasteiger partial charge in [0.1, 0.15) is 0 Å². The molecule has 0 radical (unpaired) electrons. The summed E-state index contributed by atoms with van der Waals surface area (Å²) in [7, 11) is 1.85. The normalized spacial score (nSPS) is 18.9. The zero-order valence-electron chi connectivity index (χ0n) is 8.79. The molecule has 0 spiro atoms. The van der Waals surface area contributed by atoms with Crippen LogP contribution < -0.4 is 0 Å². The van der Waals surface area contributed by atoms with E-state index in [1.807, 2.05) is 31.1 Å². The van der Waals surface area contributed by atoms with Crippen molar-refractivity contribution in [3.8, 4) is 0 Å². The molecule has 1 aliphatic carbocycles. The first kappa shape index (κ1) is 10.8. The molecule has 1 heterocycles. The molecule has 0 amide bonds. The van der Waals surface area contributed by atoms with Crippen LogP contribution in [-0.2, 0) is 4.79 Å². The van der Waals surface area contributed by atoms with Gasteiger partial charge in [-0.1, -0.05) is 19.3 Å². The van der Waals surface area contributed by atoms with E-state index in [2.05, 4.69) is 0 Å². The molecule has 0 unspecified atom stereocenters. The zero-order valence-corrected chi connectivity index (χ0v) is 8.79. The lowest BCUT2D eigenvalue weighted by Crippen LogP contribution is -2.22. The van der Waals surface area contributed by atoms with Crippen molar-refractivity contribution in [1.82, 2.24) is 4.90 Å². The SMILES string of the molecule is C1CC1.CC1=C(C(=O)O)CN(C)C=C1. The van der Waals surface area contributed by atoms with Crippen LogP contribution in [-0.4, -0.2) is 29.6 Å². The lowest BCUT2D eigenvalue weighted by Gasteiger charge is -2.19. The maximum atomic E-state index is 10.6. The Morgan fingerprint density at radius 1 is 1.43 bits per heavy atom. The maximum Gasteiger partial charge on any atom is 0.333 e. The summed E-state index contributed by atoms with van der Waals surface area (Å²) in [6.07, 6.45) is 8.19. The average Bonchev–Trinajstić information content (AvgIpc) is 2.95. The zero-order chi connectivity index (χ0) is 10.6. The van der Waals surface area contributed by atoms with Gasteiger partial charge < -0.3 is 10.0 Å². The summed E-state index contributed by atoms with van der Waals surface area (Å²) in [5.74, 6) is -0.821. The van der Waals surface area contributed by atoms with Crippen molar-refractivity contribution in [2.75, 3.05) is 13.6 Å². The molecular weight excluding hydrogens is 178 g/mol. The molecule has 1 N–H and O–H groups in total. The Hall–Kier alpha value is -1.25. The van der Waals surface area contributed by atoms with Gasteiger partial charge in [0.15, 0.2) is 0 Å². The highest BCUT2D eigenvalue weighted by Crippen LogP contribution is 2.15. The standard InChI is InChI=1S/C8H11NO2.C3H6/c1-6-3-4-9(2)5-7(6)8(10)11;1-2-3-1/h3-4H,5H2,1-2H3,(H,10,11);1-3H2. The first-order valence-electron chi connectivity index (χ1n) is 4.92. The Balaban J connectivity index is 0.000000276. The summed E-state index contributed by atoms with van der Waals surface area (Å²) in [5.41, 5.74) is 1.32. The Morgan fingerprint density at radius 3 is 2.36 bits per heavy atom. The van der Waals surface area contributed by atoms with E-state index in [9.17, 15) is 4.79 Å². The minimum atomic E-state index is -0.821. The third kappa shape index (κ3) is 3.64. The molecule has 0 atom stereocenters. The lowest BCUT2D eigenvalue weighted by molar-refractivity contribution is -0.132. The third-order valence-corrected chi connectivity index (χ3v) is 2.07. The van der Waals surface area contributed by atoms with Crippen molar-refractivity contribution in [3.63, 3.8) is 0 Å². The molecule has 2 aliphatic rings. The number of rotatable bonds is 1. The second kappa shape index (κ2) is 4.84. The summed E-state index contributed by atoms with van der Waals surface area (Å²) in [4.78, 5) is 12.4. The van der Waals surface area contributed by atoms with E-state index < -0.39 is 5.97 Å². The van der Waals surface area contributed by atoms with Crippen molar-refractivity contribution < 1.29 is 9.90 Å². The van der Waals surface area contributed by atoms with Gasteiger partial charge in [0.2, 0.25) is 0 Å². The van der Waals surface area contributed by atoms with E-state index >= 15 is 0 Å². The van der Waals surface area contributed by atoms with E-state index in [1.165, 1.54) is 19.3 Å². The van der Waals surface area contributed by atoms with Crippen molar-refractivity contribution in [1.29, 1.82) is 0 Å². The quantitative estimate of drug-likeness (QED) is 0.695. The largest absolute Gasteiger partial charge is 0.478 e. The van der Waals surface area contributed by atoms with E-state index in [4.69, 9.17) is 5.11 Å². The second-order valence-electron chi connectivity index (χ2n) is 3.76. The number of carbonyl (C=O) groups is 1. The topological polar surface area (TPSA) is 40.5 Å². The Kier molecular flexibility index (Phi) is 3.74. The summed E-state index contributed by atoms with van der Waals surface area (Å²) in [5, 5.41) is 8.71. The number of hydrogen-bond donors (Lipinski definition) is 1. The number of aliphatic carboxylic acids is 1. The minimum Gasteiger partial charge on any atom is -0.478 e. The molecule has 3 nitrogen and oxygen atoms in total. The van der Waals surface area contributed by atoms with E-state index in [1.54, 1.807) is 0 Å². The Labute approximate surface area is 84.7 Å². The number of carboxylic acid groups (broad SMARTS) is 1. The van der Waals surface area contributed by atoms with Crippen LogP contribution in [0.2, 0.25) is 0 Å². The number of hydrogen-bond acceptors (Lipinski definition) is 2. The van der Waals surface area contributed by atoms with Crippen molar-refractivity contribution in [2.45, 2.75) is 26.2 Å². The van der Waals surface area contributed by atoms with Gasteiger partial charge in [0.05, 0.1) is 5.57 Å². The van der Waals surface area contributed by atoms with Crippen LogP contribution in [0, 0.1) is 0 Å². The highest BCUT2D eigenvalue weighted by molar-refractivity contribution is 5.88. The monoisotopic (exact) mass is 195 g/mol. The predicted molar refractivity (Wildman–Crippen MR) is 56.0 cm³/mol. The van der Waals surface area contributed by atoms with E-state index in [0.29, 0.717) is 12.1 Å². The molecule has 0 saturated heterocycles. The first-order valence-corrected chi connectivity index (χ1v) is 4.92. The average molecular weight is 195 g/mol. The van der Waals surface area contributed by atoms with Crippen LogP contribution in [0.25, 0.3) is 0 Å². The van der Waals surface area contributed by atoms with E-state index in [0.717, 1.165) is 5.57 Å². The van der Waals surface area contributed by atoms with Crippen LogP contribution in [0.1, 0.15) is 26.2 Å². The fourth-order valence-electron chi connectivity index (χ4n) is 1.00. The van der Waals surface area contributed by atoms with Gasteiger partial charge in [-0.25, -0.2) is 4.79 Å². The highest BCUT2D eigenvalue weighted by atomic mass is 16.4. The molecule has 2 rings (SSSR count). The molecule has 1 fully saturated rings. The Morgan fingerprint density at radius 2 is 2.00 bits per heavy atom. The minimum absolute atomic E-state index is 0.481. The molecule has 3 heteroatoms. The van der Waals surface area contributed by atoms with Gasteiger partial charge in [-0.05, 0) is 24.8 Å². The number of carboxylic acids is 1. The molecule has 0 aromatic rings. The van der Waals surface area contributed by atoms with Crippen LogP contribution >= 0.6 is 0 Å². The predicted octanol–water partition coefficient (Wildman–Crippen LogP) is 2.02. The molecule has 1 saturated carbocycles. The molecular formula is C11H17NO2. The number of nitrogens with zero attached hydrogens (tertiary/aromatic N) is 1. The summed E-state index contributed by atoms with van der Waals surface area (Å²) < 4.78 is 0.